The van der Waals surface area contributed by atoms with Gasteiger partial charge in [-0.25, -0.2) is 4.39 Å². The number of amides is 2. The first-order valence-electron chi connectivity index (χ1n) is 9.01. The van der Waals surface area contributed by atoms with Crippen molar-refractivity contribution in [2.45, 2.75) is 6.42 Å². The van der Waals surface area contributed by atoms with E-state index in [2.05, 4.69) is 5.32 Å². The third-order valence-electron chi connectivity index (χ3n) is 4.48. The van der Waals surface area contributed by atoms with Crippen LogP contribution in [0.5, 0.6) is 0 Å². The summed E-state index contributed by atoms with van der Waals surface area (Å²) in [5, 5.41) is 2.77. The summed E-state index contributed by atoms with van der Waals surface area (Å²) >= 11 is 0. The highest BCUT2D eigenvalue weighted by molar-refractivity contribution is 6.06. The Kier molecular flexibility index (Phi) is 6.17. The van der Waals surface area contributed by atoms with Gasteiger partial charge in [0, 0.05) is 30.4 Å². The van der Waals surface area contributed by atoms with E-state index in [1.807, 2.05) is 30.3 Å². The smallest absolute Gasteiger partial charge is 0.258 e. The fourth-order valence-corrected chi connectivity index (χ4v) is 2.84. The Labute approximate surface area is 163 Å². The molecule has 0 saturated carbocycles. The van der Waals surface area contributed by atoms with Crippen LogP contribution in [-0.4, -0.2) is 25.4 Å². The highest BCUT2D eigenvalue weighted by Crippen LogP contribution is 2.15. The van der Waals surface area contributed by atoms with E-state index in [-0.39, 0.29) is 17.6 Å². The molecule has 0 spiro atoms. The van der Waals surface area contributed by atoms with Crippen molar-refractivity contribution in [2.75, 3.05) is 18.5 Å². The average molecular weight is 376 g/mol. The van der Waals surface area contributed by atoms with E-state index in [0.717, 1.165) is 5.69 Å². The van der Waals surface area contributed by atoms with Crippen molar-refractivity contribution in [3.63, 3.8) is 0 Å². The Balaban J connectivity index is 1.58. The molecule has 3 aromatic rings. The van der Waals surface area contributed by atoms with Gasteiger partial charge in [-0.1, -0.05) is 36.4 Å². The molecule has 0 fully saturated rings. The van der Waals surface area contributed by atoms with E-state index < -0.39 is 0 Å². The normalized spacial score (nSPS) is 10.4. The molecule has 0 saturated heterocycles. The molecule has 3 aromatic carbocycles. The minimum absolute atomic E-state index is 0.155. The van der Waals surface area contributed by atoms with E-state index >= 15 is 0 Å². The first kappa shape index (κ1) is 19.3. The minimum atomic E-state index is -0.276. The van der Waals surface area contributed by atoms with Crippen LogP contribution in [0.25, 0.3) is 0 Å². The number of anilines is 1. The zero-order valence-corrected chi connectivity index (χ0v) is 15.6. The quantitative estimate of drug-likeness (QED) is 0.705. The Morgan fingerprint density at radius 2 is 1.46 bits per heavy atom. The molecule has 0 radical (unpaired) electrons. The largest absolute Gasteiger partial charge is 0.352 e. The fraction of sp³-hybridized carbons (Fsp3) is 0.130. The second-order valence-corrected chi connectivity index (χ2v) is 6.37. The van der Waals surface area contributed by atoms with Crippen LogP contribution >= 0.6 is 0 Å². The summed E-state index contributed by atoms with van der Waals surface area (Å²) in [6, 6.07) is 22.3. The summed E-state index contributed by atoms with van der Waals surface area (Å²) in [4.78, 5) is 26.4. The number of carbonyl (C=O) groups is 2. The van der Waals surface area contributed by atoms with Crippen LogP contribution in [0.4, 0.5) is 10.1 Å². The summed E-state index contributed by atoms with van der Waals surface area (Å²) in [5.74, 6) is -0.688. The van der Waals surface area contributed by atoms with Crippen LogP contribution in [-0.2, 0) is 6.42 Å². The van der Waals surface area contributed by atoms with Crippen LogP contribution in [0.3, 0.4) is 0 Å². The Morgan fingerprint density at radius 1 is 0.857 bits per heavy atom. The van der Waals surface area contributed by atoms with E-state index in [9.17, 15) is 14.0 Å². The highest BCUT2D eigenvalue weighted by Gasteiger charge is 2.14. The van der Waals surface area contributed by atoms with E-state index in [0.29, 0.717) is 29.7 Å². The Bertz CT molecular complexity index is 956. The van der Waals surface area contributed by atoms with Gasteiger partial charge in [0.1, 0.15) is 5.82 Å². The predicted molar refractivity (Wildman–Crippen MR) is 108 cm³/mol. The van der Waals surface area contributed by atoms with Gasteiger partial charge in [0.25, 0.3) is 11.8 Å². The molecule has 4 nitrogen and oxygen atoms in total. The highest BCUT2D eigenvalue weighted by atomic mass is 19.1. The summed E-state index contributed by atoms with van der Waals surface area (Å²) in [6.45, 7) is 0.331. The van der Waals surface area contributed by atoms with Crippen molar-refractivity contribution in [2.24, 2.45) is 0 Å². The molecule has 1 N–H and O–H groups in total. The van der Waals surface area contributed by atoms with Gasteiger partial charge in [0.05, 0.1) is 0 Å². The number of hydrogen-bond donors (Lipinski definition) is 1. The summed E-state index contributed by atoms with van der Waals surface area (Å²) in [6.07, 6.45) is 0.414. The van der Waals surface area contributed by atoms with Crippen molar-refractivity contribution in [3.05, 3.63) is 101 Å². The minimum Gasteiger partial charge on any atom is -0.352 e. The lowest BCUT2D eigenvalue weighted by atomic mass is 10.1. The molecular formula is C23H21FN2O2. The number of rotatable bonds is 6. The topological polar surface area (TPSA) is 49.4 Å². The van der Waals surface area contributed by atoms with Crippen LogP contribution in [0.1, 0.15) is 26.3 Å². The number of para-hydroxylation sites is 1. The van der Waals surface area contributed by atoms with Gasteiger partial charge in [-0.2, -0.15) is 0 Å². The second kappa shape index (κ2) is 8.95. The maximum atomic E-state index is 13.6. The van der Waals surface area contributed by atoms with Gasteiger partial charge in [-0.15, -0.1) is 0 Å². The van der Waals surface area contributed by atoms with Crippen molar-refractivity contribution < 1.29 is 14.0 Å². The van der Waals surface area contributed by atoms with E-state index in [1.54, 1.807) is 54.4 Å². The SMILES string of the molecule is CN(C(=O)c1ccc(C(=O)NCCc2ccccc2F)cc1)c1ccccc1. The van der Waals surface area contributed by atoms with Crippen LogP contribution in [0, 0.1) is 5.82 Å². The average Bonchev–Trinajstić information content (AvgIpc) is 2.74. The molecule has 2 amide bonds. The first-order valence-corrected chi connectivity index (χ1v) is 9.01. The van der Waals surface area contributed by atoms with Gasteiger partial charge in [-0.05, 0) is 54.4 Å². The molecule has 0 bridgehead atoms. The predicted octanol–water partition coefficient (Wildman–Crippen LogP) is 4.07. The van der Waals surface area contributed by atoms with Crippen molar-refractivity contribution in [1.82, 2.24) is 5.32 Å². The monoisotopic (exact) mass is 376 g/mol. The third-order valence-corrected chi connectivity index (χ3v) is 4.48. The maximum Gasteiger partial charge on any atom is 0.258 e. The fourth-order valence-electron chi connectivity index (χ4n) is 2.84. The molecule has 0 unspecified atom stereocenters. The molecule has 28 heavy (non-hydrogen) atoms. The Morgan fingerprint density at radius 3 is 2.14 bits per heavy atom. The zero-order chi connectivity index (χ0) is 19.9. The van der Waals surface area contributed by atoms with Gasteiger partial charge >= 0.3 is 0 Å². The number of halogens is 1. The molecule has 0 aliphatic heterocycles. The van der Waals surface area contributed by atoms with Crippen LogP contribution < -0.4 is 10.2 Å². The van der Waals surface area contributed by atoms with Gasteiger partial charge in [0.15, 0.2) is 0 Å². The number of carbonyl (C=O) groups excluding carboxylic acids is 2. The molecule has 0 atom stereocenters. The number of nitrogens with one attached hydrogen (secondary N) is 1. The van der Waals surface area contributed by atoms with Crippen molar-refractivity contribution in [1.29, 1.82) is 0 Å². The molecule has 3 rings (SSSR count). The molecule has 0 heterocycles. The molecular weight excluding hydrogens is 355 g/mol. The molecule has 142 valence electrons. The third kappa shape index (κ3) is 4.62. The summed E-state index contributed by atoms with van der Waals surface area (Å²) in [5.41, 5.74) is 2.30. The van der Waals surface area contributed by atoms with Crippen LogP contribution in [0.2, 0.25) is 0 Å². The molecule has 0 aliphatic carbocycles. The zero-order valence-electron chi connectivity index (χ0n) is 15.6. The summed E-state index contributed by atoms with van der Waals surface area (Å²) < 4.78 is 13.6. The van der Waals surface area contributed by atoms with Gasteiger partial charge < -0.3 is 10.2 Å². The van der Waals surface area contributed by atoms with Crippen molar-refractivity contribution >= 4 is 17.5 Å². The lowest BCUT2D eigenvalue weighted by Crippen LogP contribution is -2.27. The van der Waals surface area contributed by atoms with E-state index in [4.69, 9.17) is 0 Å². The summed E-state index contributed by atoms with van der Waals surface area (Å²) in [7, 11) is 1.71. The maximum absolute atomic E-state index is 13.6. The lowest BCUT2D eigenvalue weighted by Gasteiger charge is -2.17. The molecule has 0 aliphatic rings. The van der Waals surface area contributed by atoms with Gasteiger partial charge in [-0.3, -0.25) is 9.59 Å². The molecule has 0 aromatic heterocycles. The van der Waals surface area contributed by atoms with Crippen LogP contribution in [0.15, 0.2) is 78.9 Å². The first-order chi connectivity index (χ1) is 13.6. The molecule has 5 heteroatoms. The van der Waals surface area contributed by atoms with E-state index in [1.165, 1.54) is 6.07 Å². The lowest BCUT2D eigenvalue weighted by molar-refractivity contribution is 0.0951. The van der Waals surface area contributed by atoms with Gasteiger partial charge in [0.2, 0.25) is 0 Å². The standard InChI is InChI=1S/C23H21FN2O2/c1-26(20-8-3-2-4-9-20)23(28)19-13-11-18(12-14-19)22(27)25-16-15-17-7-5-6-10-21(17)24/h2-14H,15-16H2,1H3,(H,25,27). The number of hydrogen-bond acceptors (Lipinski definition) is 2. The van der Waals surface area contributed by atoms with Crippen molar-refractivity contribution in [3.8, 4) is 0 Å². The second-order valence-electron chi connectivity index (χ2n) is 6.37. The number of nitrogens with zero attached hydrogens (tertiary/aromatic N) is 1. The number of benzene rings is 3. The Hall–Kier alpha value is -3.47.